The number of urea groups is 1. The number of anilines is 2. The van der Waals surface area contributed by atoms with Crippen LogP contribution in [0.2, 0.25) is 5.02 Å². The molecule has 2 aromatic heterocycles. The van der Waals surface area contributed by atoms with Gasteiger partial charge in [0.2, 0.25) is 0 Å². The molecule has 0 aliphatic carbocycles. The van der Waals surface area contributed by atoms with Crippen molar-refractivity contribution in [3.05, 3.63) is 53.3 Å². The van der Waals surface area contributed by atoms with Gasteiger partial charge in [-0.05, 0) is 32.0 Å². The van der Waals surface area contributed by atoms with E-state index in [9.17, 15) is 4.79 Å². The average Bonchev–Trinajstić information content (AvgIpc) is 3.12. The van der Waals surface area contributed by atoms with Crippen LogP contribution in [0.15, 0.2) is 36.9 Å². The summed E-state index contributed by atoms with van der Waals surface area (Å²) in [5.41, 5.74) is 2.65. The molecule has 0 spiro atoms. The van der Waals surface area contributed by atoms with E-state index in [0.717, 1.165) is 23.0 Å². The molecule has 3 aromatic rings. The Bertz CT molecular complexity index is 1090. The Morgan fingerprint density at radius 1 is 1.06 bits per heavy atom. The molecule has 0 bridgehead atoms. The van der Waals surface area contributed by atoms with Gasteiger partial charge in [0.1, 0.15) is 30.0 Å². The van der Waals surface area contributed by atoms with Gasteiger partial charge in [-0.25, -0.2) is 19.7 Å². The molecule has 10 heteroatoms. The molecule has 9 nitrogen and oxygen atoms in total. The summed E-state index contributed by atoms with van der Waals surface area (Å²) >= 11 is 6.14. The van der Waals surface area contributed by atoms with Gasteiger partial charge in [0, 0.05) is 43.6 Å². The highest BCUT2D eigenvalue weighted by atomic mass is 35.5. The molecule has 31 heavy (non-hydrogen) atoms. The second-order valence-corrected chi connectivity index (χ2v) is 7.68. The van der Waals surface area contributed by atoms with Crippen LogP contribution in [-0.2, 0) is 0 Å². The molecule has 0 atom stereocenters. The fraction of sp³-hybridized carbons (Fsp3) is 0.333. The Morgan fingerprint density at radius 3 is 2.45 bits per heavy atom. The Balaban J connectivity index is 1.38. The van der Waals surface area contributed by atoms with Crippen molar-refractivity contribution in [1.82, 2.24) is 24.4 Å². The number of imidazole rings is 1. The average molecular weight is 442 g/mol. The number of ether oxygens (including phenoxy) is 1. The standard InChI is InChI=1S/C21H24ClN7O2/c1-14-15(2)29(13-25-14)20-11-19(23-12-24-20)27-6-8-28(9-7-27)21(30)26-16-4-5-18(31-3)17(22)10-16/h4-5,10-13H,6-9H2,1-3H3,(H,26,30). The summed E-state index contributed by atoms with van der Waals surface area (Å²) in [4.78, 5) is 29.7. The number of hydrogen-bond donors (Lipinski definition) is 1. The van der Waals surface area contributed by atoms with Crippen molar-refractivity contribution in [2.24, 2.45) is 0 Å². The van der Waals surface area contributed by atoms with Crippen LogP contribution < -0.4 is 15.0 Å². The van der Waals surface area contributed by atoms with E-state index in [1.165, 1.54) is 0 Å². The highest BCUT2D eigenvalue weighted by molar-refractivity contribution is 6.32. The number of halogens is 1. The van der Waals surface area contributed by atoms with Crippen LogP contribution in [0.5, 0.6) is 5.75 Å². The minimum absolute atomic E-state index is 0.159. The van der Waals surface area contributed by atoms with Crippen LogP contribution in [0.25, 0.3) is 5.82 Å². The van der Waals surface area contributed by atoms with E-state index in [4.69, 9.17) is 16.3 Å². The van der Waals surface area contributed by atoms with Crippen LogP contribution in [0.1, 0.15) is 11.4 Å². The zero-order valence-corrected chi connectivity index (χ0v) is 18.4. The van der Waals surface area contributed by atoms with Crippen LogP contribution in [0, 0.1) is 13.8 Å². The maximum absolute atomic E-state index is 12.6. The van der Waals surface area contributed by atoms with Crippen molar-refractivity contribution in [3.63, 3.8) is 0 Å². The number of methoxy groups -OCH3 is 1. The third-order valence-electron chi connectivity index (χ3n) is 5.43. The fourth-order valence-electron chi connectivity index (χ4n) is 3.46. The number of aryl methyl sites for hydroxylation is 1. The van der Waals surface area contributed by atoms with Crippen molar-refractivity contribution in [1.29, 1.82) is 0 Å². The quantitative estimate of drug-likeness (QED) is 0.668. The van der Waals surface area contributed by atoms with E-state index in [1.807, 2.05) is 24.5 Å². The van der Waals surface area contributed by atoms with E-state index in [-0.39, 0.29) is 6.03 Å². The third kappa shape index (κ3) is 4.41. The maximum Gasteiger partial charge on any atom is 0.321 e. The molecular formula is C21H24ClN7O2. The molecular weight excluding hydrogens is 418 g/mol. The molecule has 1 N–H and O–H groups in total. The first kappa shape index (κ1) is 20.9. The Morgan fingerprint density at radius 2 is 1.81 bits per heavy atom. The molecule has 1 fully saturated rings. The number of nitrogens with zero attached hydrogens (tertiary/aromatic N) is 6. The smallest absolute Gasteiger partial charge is 0.321 e. The number of aromatic nitrogens is 4. The van der Waals surface area contributed by atoms with Crippen LogP contribution in [-0.4, -0.2) is 63.7 Å². The van der Waals surface area contributed by atoms with E-state index in [0.29, 0.717) is 42.6 Å². The van der Waals surface area contributed by atoms with E-state index in [2.05, 4.69) is 25.2 Å². The summed E-state index contributed by atoms with van der Waals surface area (Å²) in [6.45, 7) is 6.50. The lowest BCUT2D eigenvalue weighted by Crippen LogP contribution is -2.50. The molecule has 1 aromatic carbocycles. The molecule has 1 saturated heterocycles. The number of hydrogen-bond acceptors (Lipinski definition) is 6. The number of rotatable bonds is 4. The molecule has 2 amide bonds. The van der Waals surface area contributed by atoms with Crippen molar-refractivity contribution in [2.45, 2.75) is 13.8 Å². The first-order chi connectivity index (χ1) is 15.0. The molecule has 1 aliphatic heterocycles. The van der Waals surface area contributed by atoms with Gasteiger partial charge in [-0.2, -0.15) is 0 Å². The van der Waals surface area contributed by atoms with Crippen LogP contribution in [0.3, 0.4) is 0 Å². The summed E-state index contributed by atoms with van der Waals surface area (Å²) in [7, 11) is 1.55. The Hall–Kier alpha value is -3.33. The zero-order valence-electron chi connectivity index (χ0n) is 17.7. The van der Waals surface area contributed by atoms with Crippen molar-refractivity contribution in [3.8, 4) is 11.6 Å². The summed E-state index contributed by atoms with van der Waals surface area (Å²) in [6, 6.07) is 6.96. The number of amides is 2. The maximum atomic E-state index is 12.6. The lowest BCUT2D eigenvalue weighted by Gasteiger charge is -2.35. The van der Waals surface area contributed by atoms with Crippen molar-refractivity contribution >= 4 is 29.1 Å². The monoisotopic (exact) mass is 441 g/mol. The number of carbonyl (C=O) groups excluding carboxylic acids is 1. The minimum Gasteiger partial charge on any atom is -0.495 e. The minimum atomic E-state index is -0.159. The summed E-state index contributed by atoms with van der Waals surface area (Å²) in [5.74, 6) is 2.18. The molecule has 162 valence electrons. The normalized spacial score (nSPS) is 13.9. The van der Waals surface area contributed by atoms with Crippen molar-refractivity contribution in [2.75, 3.05) is 43.5 Å². The van der Waals surface area contributed by atoms with Gasteiger partial charge in [0.05, 0.1) is 17.8 Å². The summed E-state index contributed by atoms with van der Waals surface area (Å²) in [6.07, 6.45) is 3.33. The second-order valence-electron chi connectivity index (χ2n) is 7.27. The van der Waals surface area contributed by atoms with E-state index >= 15 is 0 Å². The Labute approximate surface area is 185 Å². The number of benzene rings is 1. The van der Waals surface area contributed by atoms with E-state index in [1.54, 1.807) is 42.9 Å². The molecule has 4 rings (SSSR count). The zero-order chi connectivity index (χ0) is 22.0. The molecule has 1 aliphatic rings. The lowest BCUT2D eigenvalue weighted by atomic mass is 10.3. The Kier molecular flexibility index (Phi) is 5.94. The number of nitrogens with one attached hydrogen (secondary N) is 1. The largest absolute Gasteiger partial charge is 0.495 e. The molecule has 0 unspecified atom stereocenters. The van der Waals surface area contributed by atoms with Gasteiger partial charge in [-0.3, -0.25) is 4.57 Å². The predicted octanol–water partition coefficient (Wildman–Crippen LogP) is 3.30. The molecule has 0 radical (unpaired) electrons. The van der Waals surface area contributed by atoms with Crippen molar-refractivity contribution < 1.29 is 9.53 Å². The SMILES string of the molecule is COc1ccc(NC(=O)N2CCN(c3cc(-n4cnc(C)c4C)ncn3)CC2)cc1Cl. The lowest BCUT2D eigenvalue weighted by molar-refractivity contribution is 0.208. The van der Waals surface area contributed by atoms with Crippen LogP contribution in [0.4, 0.5) is 16.3 Å². The van der Waals surface area contributed by atoms with Gasteiger partial charge in [-0.15, -0.1) is 0 Å². The topological polar surface area (TPSA) is 88.4 Å². The van der Waals surface area contributed by atoms with Gasteiger partial charge in [-0.1, -0.05) is 11.6 Å². The fourth-order valence-corrected chi connectivity index (χ4v) is 3.71. The summed E-state index contributed by atoms with van der Waals surface area (Å²) < 4.78 is 7.09. The third-order valence-corrected chi connectivity index (χ3v) is 5.73. The second kappa shape index (κ2) is 8.81. The molecule has 0 saturated carbocycles. The highest BCUT2D eigenvalue weighted by Crippen LogP contribution is 2.27. The van der Waals surface area contributed by atoms with Crippen LogP contribution >= 0.6 is 11.6 Å². The van der Waals surface area contributed by atoms with Gasteiger partial charge < -0.3 is 19.9 Å². The highest BCUT2D eigenvalue weighted by Gasteiger charge is 2.23. The number of piperazine rings is 1. The first-order valence-electron chi connectivity index (χ1n) is 9.93. The van der Waals surface area contributed by atoms with Gasteiger partial charge in [0.15, 0.2) is 0 Å². The van der Waals surface area contributed by atoms with Gasteiger partial charge >= 0.3 is 6.03 Å². The first-order valence-corrected chi connectivity index (χ1v) is 10.3. The predicted molar refractivity (Wildman–Crippen MR) is 119 cm³/mol. The van der Waals surface area contributed by atoms with Gasteiger partial charge in [0.25, 0.3) is 0 Å². The number of carbonyl (C=O) groups is 1. The summed E-state index contributed by atoms with van der Waals surface area (Å²) in [5, 5.41) is 3.34. The molecule has 3 heterocycles. The van der Waals surface area contributed by atoms with E-state index < -0.39 is 0 Å².